The molecule has 0 spiro atoms. The van der Waals surface area contributed by atoms with Gasteiger partial charge in [0.05, 0.1) is 37.3 Å². The lowest BCUT2D eigenvalue weighted by atomic mass is 10.0. The normalized spacial score (nSPS) is 16.3. The van der Waals surface area contributed by atoms with Crippen molar-refractivity contribution in [3.05, 3.63) is 193 Å². The van der Waals surface area contributed by atoms with E-state index in [0.29, 0.717) is 19.1 Å². The van der Waals surface area contributed by atoms with Crippen molar-refractivity contribution in [2.75, 3.05) is 38.9 Å². The lowest BCUT2D eigenvalue weighted by molar-refractivity contribution is 0.0694. The summed E-state index contributed by atoms with van der Waals surface area (Å²) in [6, 6.07) is 49.5. The third-order valence-electron chi connectivity index (χ3n) is 9.45. The van der Waals surface area contributed by atoms with E-state index >= 15 is 0 Å². The van der Waals surface area contributed by atoms with Gasteiger partial charge in [0, 0.05) is 27.6 Å². The molecule has 2 aliphatic rings. The maximum absolute atomic E-state index is 9.50. The van der Waals surface area contributed by atoms with E-state index in [9.17, 15) is 5.11 Å². The summed E-state index contributed by atoms with van der Waals surface area (Å²) in [7, 11) is 4.26. The Labute approximate surface area is 458 Å². The monoisotopic (exact) mass is 1090 g/mol. The van der Waals surface area contributed by atoms with E-state index in [-0.39, 0.29) is 63.7 Å². The van der Waals surface area contributed by atoms with Crippen LogP contribution in [-0.2, 0) is 31.8 Å². The van der Waals surface area contributed by atoms with Crippen LogP contribution < -0.4 is 10.6 Å². The molecule has 2 aliphatic heterocycles. The molecule has 5 aromatic rings. The van der Waals surface area contributed by atoms with E-state index in [4.69, 9.17) is 69.9 Å². The van der Waals surface area contributed by atoms with Crippen molar-refractivity contribution < 1.29 is 34.3 Å². The van der Waals surface area contributed by atoms with Gasteiger partial charge in [-0.2, -0.15) is 0 Å². The molecule has 15 heteroatoms. The van der Waals surface area contributed by atoms with Crippen LogP contribution in [-0.4, -0.2) is 96.2 Å². The number of halogens is 3. The molecule has 0 saturated heterocycles. The summed E-state index contributed by atoms with van der Waals surface area (Å²) in [5, 5.41) is 27.5. The van der Waals surface area contributed by atoms with Crippen LogP contribution in [0.3, 0.4) is 0 Å². The molecular formula is C58H90Cl3N4O7P. The molecule has 0 bridgehead atoms. The number of methoxy groups -OCH3 is 1. The zero-order valence-corrected chi connectivity index (χ0v) is 46.4. The van der Waals surface area contributed by atoms with Gasteiger partial charge in [0.25, 0.3) is 0 Å². The van der Waals surface area contributed by atoms with Crippen molar-refractivity contribution in [1.29, 1.82) is 0 Å². The number of hydrogen-bond donors (Lipinski definition) is 5. The van der Waals surface area contributed by atoms with Gasteiger partial charge in [0.2, 0.25) is 0 Å². The van der Waals surface area contributed by atoms with Gasteiger partial charge < -0.3 is 40.0 Å². The quantitative estimate of drug-likeness (QED) is 0.0269. The molecule has 410 valence electrons. The van der Waals surface area contributed by atoms with Crippen LogP contribution in [0.15, 0.2) is 175 Å². The van der Waals surface area contributed by atoms with Crippen LogP contribution >= 0.6 is 44.2 Å². The molecule has 2 heterocycles. The van der Waals surface area contributed by atoms with Crippen LogP contribution in [0, 0.1) is 6.92 Å². The van der Waals surface area contributed by atoms with Gasteiger partial charge in [0.1, 0.15) is 30.3 Å². The first-order valence-electron chi connectivity index (χ1n) is 23.4. The first-order chi connectivity index (χ1) is 34.3. The van der Waals surface area contributed by atoms with Crippen molar-refractivity contribution >= 4 is 56.0 Å². The molecule has 73 heavy (non-hydrogen) atoms. The number of nitrogens with one attached hydrogen (secondary N) is 1. The van der Waals surface area contributed by atoms with Crippen molar-refractivity contribution in [2.45, 2.75) is 119 Å². The number of aliphatic hydroxyl groups is 3. The second kappa shape index (κ2) is 51.3. The van der Waals surface area contributed by atoms with Crippen molar-refractivity contribution in [2.24, 2.45) is 15.7 Å². The summed E-state index contributed by atoms with van der Waals surface area (Å²) in [6.07, 6.45) is 1.34. The van der Waals surface area contributed by atoms with Gasteiger partial charge in [-0.05, 0) is 67.6 Å². The highest BCUT2D eigenvalue weighted by atomic mass is 35.5. The highest BCUT2D eigenvalue weighted by molar-refractivity contribution is 7.17. The number of nitrogens with two attached hydrogens (primary N) is 1. The fraction of sp³-hybridized carbons (Fsp3) is 0.414. The van der Waals surface area contributed by atoms with E-state index in [0.717, 1.165) is 29.9 Å². The zero-order valence-electron chi connectivity index (χ0n) is 43.0. The van der Waals surface area contributed by atoms with Gasteiger partial charge in [-0.3, -0.25) is 0 Å². The minimum absolute atomic E-state index is 0. The van der Waals surface area contributed by atoms with E-state index in [1.165, 1.54) is 16.7 Å². The summed E-state index contributed by atoms with van der Waals surface area (Å²) in [5.41, 5.74) is 11.4. The Balaban J connectivity index is -0.000000378. The molecule has 0 aliphatic carbocycles. The number of hydrogen-bond acceptors (Lipinski definition) is 11. The number of ether oxygens (including phenoxy) is 4. The standard InChI is InChI=1S/C11H13NO2.C9H13NO2.2C8H10.C7H8.C6H12NO2P.C4H10ClNO.C2H4.CH2Cl2.2CH4/c1-8-12-10(7-13)11(14-8)9-5-3-2-4-6-9;10-8(6-11)9(12)7-4-2-1-3-5-7;2*1-2-8-6-4-3-5-7-8;1-7-5-3-2-4-6-7;1-4-7-5(3-8-2)6(10)9-4;1-3-7-4(2)6-5;1-2;2-1-3;;/h2-6,10-11,13H,7H2,1H3;1-5,8-9,11-12H,6,10H2;2*3-7H,2H2,1H3;2-6H,1H3;5-6H,3,10H2,1-2H3;4,6H,3H2,1-2H3;1-2H2;1H2;2*1H4/t;8-,9+;;;;;;;;;/m.0........./s1. The number of aliphatic imine (C=N–C) groups is 2. The second-order valence-electron chi connectivity index (χ2n) is 14.9. The maximum atomic E-state index is 9.50. The van der Waals surface area contributed by atoms with E-state index in [1.54, 1.807) is 19.2 Å². The first kappa shape index (κ1) is 75.3. The number of aliphatic hydroxyl groups excluding tert-OH is 3. The molecule has 0 amide bonds. The fourth-order valence-electron chi connectivity index (χ4n) is 5.82. The van der Waals surface area contributed by atoms with Crippen molar-refractivity contribution in [3.8, 4) is 0 Å². The Morgan fingerprint density at radius 3 is 1.40 bits per heavy atom. The average molecular weight is 1090 g/mol. The number of aryl methyl sites for hydroxylation is 3. The molecule has 6 unspecified atom stereocenters. The summed E-state index contributed by atoms with van der Waals surface area (Å²) < 4.78 is 20.7. The highest BCUT2D eigenvalue weighted by Gasteiger charge is 2.29. The maximum Gasteiger partial charge on any atom is 0.181 e. The SMILES string of the molecule is C.C.C=C.CC1=NC(CO)C(c2ccccc2)O1.CCOC(C)NCl.CCc1ccccc1.CCc1ccccc1.COCC1N=C(C)OC1P.Cc1ccccc1.ClCCl.N[C@@H](CO)[C@H](O)c1ccccc1. The Hall–Kier alpha value is -4.20. The van der Waals surface area contributed by atoms with Crippen LogP contribution in [0.2, 0.25) is 0 Å². The number of nitrogens with zero attached hydrogens (tertiary/aromatic N) is 2. The molecule has 0 saturated carbocycles. The van der Waals surface area contributed by atoms with E-state index < -0.39 is 12.1 Å². The molecular weight excluding hydrogens is 1000 g/mol. The van der Waals surface area contributed by atoms with Gasteiger partial charge in [-0.1, -0.05) is 195 Å². The second-order valence-corrected chi connectivity index (χ2v) is 16.6. The Morgan fingerprint density at radius 2 is 1.10 bits per heavy atom. The number of rotatable bonds is 12. The molecule has 7 rings (SSSR count). The van der Waals surface area contributed by atoms with Gasteiger partial charge in [-0.25, -0.2) is 14.8 Å². The molecule has 0 fully saturated rings. The van der Waals surface area contributed by atoms with Crippen molar-refractivity contribution in [3.63, 3.8) is 0 Å². The predicted octanol–water partition coefficient (Wildman–Crippen LogP) is 13.3. The Bertz CT molecular complexity index is 1950. The van der Waals surface area contributed by atoms with Gasteiger partial charge >= 0.3 is 0 Å². The van der Waals surface area contributed by atoms with Crippen LogP contribution in [0.25, 0.3) is 0 Å². The lowest BCUT2D eigenvalue weighted by Gasteiger charge is -2.16. The van der Waals surface area contributed by atoms with Crippen molar-refractivity contribution in [1.82, 2.24) is 4.84 Å². The molecule has 11 nitrogen and oxygen atoms in total. The molecule has 8 atom stereocenters. The fourth-order valence-corrected chi connectivity index (χ4v) is 6.28. The molecule has 0 aromatic heterocycles. The Morgan fingerprint density at radius 1 is 0.699 bits per heavy atom. The van der Waals surface area contributed by atoms with Crippen LogP contribution in [0.5, 0.6) is 0 Å². The minimum atomic E-state index is -0.781. The zero-order chi connectivity index (χ0) is 53.7. The molecule has 6 N–H and O–H groups in total. The molecule has 0 radical (unpaired) electrons. The third-order valence-corrected chi connectivity index (χ3v) is 10.3. The van der Waals surface area contributed by atoms with Crippen LogP contribution in [0.4, 0.5) is 0 Å². The van der Waals surface area contributed by atoms with Gasteiger partial charge in [0.15, 0.2) is 11.8 Å². The van der Waals surface area contributed by atoms with E-state index in [2.05, 4.69) is 119 Å². The van der Waals surface area contributed by atoms with Crippen LogP contribution in [0.1, 0.15) is 96.4 Å². The number of benzene rings is 5. The summed E-state index contributed by atoms with van der Waals surface area (Å²) >= 11 is 14.7. The third kappa shape index (κ3) is 38.1. The lowest BCUT2D eigenvalue weighted by Crippen LogP contribution is -2.31. The summed E-state index contributed by atoms with van der Waals surface area (Å²) in [5.74, 6) is 1.50. The Kier molecular flexibility index (Phi) is 52.9. The predicted molar refractivity (Wildman–Crippen MR) is 318 cm³/mol. The summed E-state index contributed by atoms with van der Waals surface area (Å²) in [6.45, 7) is 21.0. The topological polar surface area (TPSA) is 160 Å². The average Bonchev–Trinajstić information content (AvgIpc) is 3.97. The first-order valence-corrected chi connectivity index (χ1v) is 25.5. The largest absolute Gasteiger partial charge is 0.472 e. The number of alkyl halides is 2. The van der Waals surface area contributed by atoms with Gasteiger partial charge in [-0.15, -0.1) is 36.4 Å². The van der Waals surface area contributed by atoms with E-state index in [1.807, 2.05) is 107 Å². The smallest absolute Gasteiger partial charge is 0.181 e. The minimum Gasteiger partial charge on any atom is -0.472 e. The molecule has 5 aromatic carbocycles. The summed E-state index contributed by atoms with van der Waals surface area (Å²) in [4.78, 5) is 10.8. The highest BCUT2D eigenvalue weighted by Crippen LogP contribution is 2.28.